The van der Waals surface area contributed by atoms with Gasteiger partial charge in [-0.25, -0.2) is 0 Å². The molecule has 2 aromatic rings. The van der Waals surface area contributed by atoms with E-state index in [0.29, 0.717) is 12.1 Å². The van der Waals surface area contributed by atoms with Gasteiger partial charge in [-0.1, -0.05) is 29.4 Å². The Labute approximate surface area is 124 Å². The third kappa shape index (κ3) is 3.25. The Kier molecular flexibility index (Phi) is 4.04. The van der Waals surface area contributed by atoms with Gasteiger partial charge < -0.3 is 20.9 Å². The second-order valence-corrected chi connectivity index (χ2v) is 5.83. The maximum absolute atomic E-state index is 9.99. The average Bonchev–Trinajstić information content (AvgIpc) is 2.43. The summed E-state index contributed by atoms with van der Waals surface area (Å²) in [5, 5.41) is 23.9. The number of oxime groups is 1. The van der Waals surface area contributed by atoms with Crippen molar-refractivity contribution in [2.75, 3.05) is 18.5 Å². The number of anilines is 1. The Balaban J connectivity index is 2.58. The van der Waals surface area contributed by atoms with E-state index in [0.717, 1.165) is 16.5 Å². The summed E-state index contributed by atoms with van der Waals surface area (Å²) in [5.41, 5.74) is 6.62. The van der Waals surface area contributed by atoms with E-state index in [9.17, 15) is 5.11 Å². The molecule has 0 radical (unpaired) electrons. The van der Waals surface area contributed by atoms with Crippen LogP contribution >= 0.6 is 0 Å². The second-order valence-electron chi connectivity index (χ2n) is 5.83. The quantitative estimate of drug-likeness (QED) is 0.348. The van der Waals surface area contributed by atoms with Crippen molar-refractivity contribution in [3.8, 4) is 0 Å². The lowest BCUT2D eigenvalue weighted by Crippen LogP contribution is -2.36. The Morgan fingerprint density at radius 3 is 2.38 bits per heavy atom. The van der Waals surface area contributed by atoms with Gasteiger partial charge in [0.15, 0.2) is 5.84 Å². The van der Waals surface area contributed by atoms with Gasteiger partial charge in [-0.05, 0) is 31.4 Å². The van der Waals surface area contributed by atoms with Crippen molar-refractivity contribution in [3.63, 3.8) is 0 Å². The Morgan fingerprint density at radius 2 is 1.81 bits per heavy atom. The van der Waals surface area contributed by atoms with Gasteiger partial charge in [0, 0.05) is 30.2 Å². The number of nitrogens with two attached hydrogens (primary N) is 1. The van der Waals surface area contributed by atoms with Crippen molar-refractivity contribution in [1.29, 1.82) is 0 Å². The van der Waals surface area contributed by atoms with Gasteiger partial charge in [-0.3, -0.25) is 0 Å². The molecule has 0 spiro atoms. The summed E-state index contributed by atoms with van der Waals surface area (Å²) in [6, 6.07) is 11.5. The molecule has 0 atom stereocenters. The molecular formula is C16H21N3O2. The third-order valence-corrected chi connectivity index (χ3v) is 3.32. The van der Waals surface area contributed by atoms with Crippen LogP contribution in [0.25, 0.3) is 10.8 Å². The first-order chi connectivity index (χ1) is 9.83. The number of amidine groups is 1. The molecule has 112 valence electrons. The van der Waals surface area contributed by atoms with Crippen molar-refractivity contribution >= 4 is 22.3 Å². The molecule has 0 saturated carbocycles. The highest BCUT2D eigenvalue weighted by Crippen LogP contribution is 2.29. The zero-order valence-electron chi connectivity index (χ0n) is 12.5. The van der Waals surface area contributed by atoms with Crippen LogP contribution in [0.2, 0.25) is 0 Å². The van der Waals surface area contributed by atoms with E-state index in [1.165, 1.54) is 0 Å². The summed E-state index contributed by atoms with van der Waals surface area (Å²) in [6.07, 6.45) is 0. The summed E-state index contributed by atoms with van der Waals surface area (Å²) in [7, 11) is 1.93. The lowest BCUT2D eigenvalue weighted by Gasteiger charge is -2.28. The lowest BCUT2D eigenvalue weighted by atomic mass is 10.0. The SMILES string of the molecule is CN(CC(C)(C)O)c1ccc(/C(N)=N/O)c2ccccc12. The molecule has 2 rings (SSSR count). The molecule has 0 unspecified atom stereocenters. The van der Waals surface area contributed by atoms with Crippen LogP contribution in [0, 0.1) is 0 Å². The molecule has 21 heavy (non-hydrogen) atoms. The molecule has 5 heteroatoms. The fraction of sp³-hybridized carbons (Fsp3) is 0.312. The molecule has 4 N–H and O–H groups in total. The first kappa shape index (κ1) is 15.1. The Bertz CT molecular complexity index is 675. The number of benzene rings is 2. The highest BCUT2D eigenvalue weighted by molar-refractivity contribution is 6.11. The molecule has 0 fully saturated rings. The number of likely N-dealkylation sites (N-methyl/N-ethyl adjacent to an activating group) is 1. The van der Waals surface area contributed by atoms with Gasteiger partial charge in [0.25, 0.3) is 0 Å². The van der Waals surface area contributed by atoms with E-state index in [-0.39, 0.29) is 5.84 Å². The summed E-state index contributed by atoms with van der Waals surface area (Å²) in [5.74, 6) is 0.0860. The number of fused-ring (bicyclic) bond motifs is 1. The molecular weight excluding hydrogens is 266 g/mol. The van der Waals surface area contributed by atoms with Gasteiger partial charge in [-0.2, -0.15) is 0 Å². The second kappa shape index (κ2) is 5.61. The summed E-state index contributed by atoms with van der Waals surface area (Å²) >= 11 is 0. The van der Waals surface area contributed by atoms with Crippen LogP contribution in [-0.2, 0) is 0 Å². The van der Waals surface area contributed by atoms with E-state index >= 15 is 0 Å². The van der Waals surface area contributed by atoms with Crippen LogP contribution in [-0.4, -0.2) is 35.3 Å². The van der Waals surface area contributed by atoms with Gasteiger partial charge in [0.2, 0.25) is 0 Å². The van der Waals surface area contributed by atoms with Gasteiger partial charge in [-0.15, -0.1) is 0 Å². The third-order valence-electron chi connectivity index (χ3n) is 3.32. The highest BCUT2D eigenvalue weighted by atomic mass is 16.4. The minimum absolute atomic E-state index is 0.0860. The van der Waals surface area contributed by atoms with Crippen LogP contribution in [0.1, 0.15) is 19.4 Å². The van der Waals surface area contributed by atoms with Crippen LogP contribution in [0.4, 0.5) is 5.69 Å². The molecule has 0 aliphatic heterocycles. The average molecular weight is 287 g/mol. The normalized spacial score (nSPS) is 12.7. The fourth-order valence-corrected chi connectivity index (χ4v) is 2.56. The zero-order valence-corrected chi connectivity index (χ0v) is 12.5. The molecule has 0 bridgehead atoms. The lowest BCUT2D eigenvalue weighted by molar-refractivity contribution is 0.0887. The van der Waals surface area contributed by atoms with E-state index in [4.69, 9.17) is 10.9 Å². The van der Waals surface area contributed by atoms with Crippen LogP contribution in [0.5, 0.6) is 0 Å². The number of nitrogens with zero attached hydrogens (tertiary/aromatic N) is 2. The van der Waals surface area contributed by atoms with Gasteiger partial charge >= 0.3 is 0 Å². The number of aliphatic hydroxyl groups is 1. The maximum Gasteiger partial charge on any atom is 0.170 e. The van der Waals surface area contributed by atoms with Gasteiger partial charge in [0.05, 0.1) is 5.60 Å². The molecule has 5 nitrogen and oxygen atoms in total. The Morgan fingerprint density at radius 1 is 1.19 bits per heavy atom. The fourth-order valence-electron chi connectivity index (χ4n) is 2.56. The minimum atomic E-state index is -0.792. The smallest absolute Gasteiger partial charge is 0.170 e. The van der Waals surface area contributed by atoms with E-state index in [2.05, 4.69) is 5.16 Å². The number of hydrogen-bond acceptors (Lipinski definition) is 4. The molecule has 0 amide bonds. The largest absolute Gasteiger partial charge is 0.409 e. The molecule has 0 aliphatic carbocycles. The summed E-state index contributed by atoms with van der Waals surface area (Å²) in [4.78, 5) is 2.00. The van der Waals surface area contributed by atoms with Crippen molar-refractivity contribution in [2.45, 2.75) is 19.4 Å². The zero-order chi connectivity index (χ0) is 15.6. The van der Waals surface area contributed by atoms with Crippen molar-refractivity contribution in [1.82, 2.24) is 0 Å². The predicted molar refractivity (Wildman–Crippen MR) is 86.0 cm³/mol. The molecule has 0 heterocycles. The van der Waals surface area contributed by atoms with E-state index < -0.39 is 5.60 Å². The Hall–Kier alpha value is -2.27. The molecule has 0 saturated heterocycles. The van der Waals surface area contributed by atoms with Crippen molar-refractivity contribution < 1.29 is 10.3 Å². The van der Waals surface area contributed by atoms with Crippen LogP contribution in [0.3, 0.4) is 0 Å². The maximum atomic E-state index is 9.99. The predicted octanol–water partition coefficient (Wildman–Crippen LogP) is 2.14. The minimum Gasteiger partial charge on any atom is -0.409 e. The summed E-state index contributed by atoms with van der Waals surface area (Å²) in [6.45, 7) is 4.05. The molecule has 2 aromatic carbocycles. The van der Waals surface area contributed by atoms with Crippen molar-refractivity contribution in [3.05, 3.63) is 42.0 Å². The topological polar surface area (TPSA) is 82.1 Å². The highest BCUT2D eigenvalue weighted by Gasteiger charge is 2.18. The summed E-state index contributed by atoms with van der Waals surface area (Å²) < 4.78 is 0. The molecule has 0 aromatic heterocycles. The van der Waals surface area contributed by atoms with E-state index in [1.54, 1.807) is 13.8 Å². The van der Waals surface area contributed by atoms with E-state index in [1.807, 2.05) is 48.3 Å². The van der Waals surface area contributed by atoms with Crippen LogP contribution in [0.15, 0.2) is 41.6 Å². The molecule has 0 aliphatic rings. The first-order valence-corrected chi connectivity index (χ1v) is 6.76. The number of rotatable bonds is 4. The van der Waals surface area contributed by atoms with Gasteiger partial charge in [0.1, 0.15) is 0 Å². The monoisotopic (exact) mass is 287 g/mol. The first-order valence-electron chi connectivity index (χ1n) is 6.76. The standard InChI is InChI=1S/C16H21N3O2/c1-16(2,20)10-19(3)14-9-8-13(15(17)18-21)11-6-4-5-7-12(11)14/h4-9,20-21H,10H2,1-3H3,(H2,17,18). The van der Waals surface area contributed by atoms with Crippen LogP contribution < -0.4 is 10.6 Å². The van der Waals surface area contributed by atoms with Crippen molar-refractivity contribution in [2.24, 2.45) is 10.9 Å². The number of hydrogen-bond donors (Lipinski definition) is 3.